The maximum atomic E-state index is 13.6. The van der Waals surface area contributed by atoms with Crippen molar-refractivity contribution in [3.63, 3.8) is 0 Å². The molecule has 0 radical (unpaired) electrons. The molecule has 1 amide bonds. The molecule has 0 atom stereocenters. The molecule has 0 spiro atoms. The summed E-state index contributed by atoms with van der Waals surface area (Å²) in [4.78, 5) is 27.4. The number of halogens is 3. The second kappa shape index (κ2) is 7.75. The zero-order chi connectivity index (χ0) is 23.0. The summed E-state index contributed by atoms with van der Waals surface area (Å²) in [5.74, 6) is -0.911. The summed E-state index contributed by atoms with van der Waals surface area (Å²) in [7, 11) is 0. The number of nitrogens with one attached hydrogen (secondary N) is 1. The first kappa shape index (κ1) is 20.9. The SMILES string of the molecule is N#Cc1cc([N+](=O)[O-])ccc1NC(=O)c1cc2nc(-c3cccs3)cc(C(F)(F)F)n2n1. The lowest BCUT2D eigenvalue weighted by atomic mass is 10.1. The van der Waals surface area contributed by atoms with Crippen LogP contribution in [0.4, 0.5) is 24.5 Å². The van der Waals surface area contributed by atoms with Gasteiger partial charge >= 0.3 is 6.18 Å². The highest BCUT2D eigenvalue weighted by Gasteiger charge is 2.35. The number of rotatable bonds is 4. The Balaban J connectivity index is 1.75. The lowest BCUT2D eigenvalue weighted by Gasteiger charge is -2.10. The molecule has 4 aromatic rings. The van der Waals surface area contributed by atoms with Gasteiger partial charge in [-0.3, -0.25) is 14.9 Å². The Kier molecular flexibility index (Phi) is 5.07. The number of nitriles is 1. The first-order valence-corrected chi connectivity index (χ1v) is 9.57. The molecule has 3 aromatic heterocycles. The number of hydrogen-bond acceptors (Lipinski definition) is 7. The van der Waals surface area contributed by atoms with Crippen LogP contribution in [0.1, 0.15) is 21.7 Å². The molecule has 0 aliphatic carbocycles. The number of nitro groups is 1. The first-order valence-electron chi connectivity index (χ1n) is 8.69. The fourth-order valence-electron chi connectivity index (χ4n) is 2.87. The van der Waals surface area contributed by atoms with Crippen molar-refractivity contribution in [1.29, 1.82) is 5.26 Å². The fourth-order valence-corrected chi connectivity index (χ4v) is 3.56. The van der Waals surface area contributed by atoms with Crippen molar-refractivity contribution in [2.75, 3.05) is 5.32 Å². The predicted octanol–water partition coefficient (Wildman–Crippen LogP) is 4.51. The van der Waals surface area contributed by atoms with Gasteiger partial charge in [0.15, 0.2) is 17.0 Å². The van der Waals surface area contributed by atoms with Crippen LogP contribution in [0.25, 0.3) is 16.2 Å². The van der Waals surface area contributed by atoms with E-state index in [1.54, 1.807) is 23.6 Å². The maximum Gasteiger partial charge on any atom is 0.433 e. The van der Waals surface area contributed by atoms with Crippen LogP contribution in [-0.2, 0) is 6.18 Å². The van der Waals surface area contributed by atoms with E-state index in [1.807, 2.05) is 0 Å². The standard InChI is InChI=1S/C19H9F3N6O3S/c20-19(21,22)16-7-13(15-2-1-5-32-15)24-17-8-14(26-27(16)17)18(29)25-12-4-3-11(28(30)31)6-10(12)9-23/h1-8H,(H,25,29). The van der Waals surface area contributed by atoms with Gasteiger partial charge in [0.1, 0.15) is 6.07 Å². The van der Waals surface area contributed by atoms with Crippen LogP contribution in [0.5, 0.6) is 0 Å². The van der Waals surface area contributed by atoms with E-state index in [4.69, 9.17) is 0 Å². The Labute approximate surface area is 180 Å². The van der Waals surface area contributed by atoms with Crippen LogP contribution in [0.2, 0.25) is 0 Å². The molecule has 13 heteroatoms. The minimum absolute atomic E-state index is 0.0524. The normalized spacial score (nSPS) is 11.3. The van der Waals surface area contributed by atoms with E-state index in [1.165, 1.54) is 11.3 Å². The number of carbonyl (C=O) groups is 1. The van der Waals surface area contributed by atoms with Gasteiger partial charge in [0, 0.05) is 18.2 Å². The van der Waals surface area contributed by atoms with Gasteiger partial charge in [0.25, 0.3) is 11.6 Å². The fraction of sp³-hybridized carbons (Fsp3) is 0.0526. The number of non-ortho nitro benzene ring substituents is 1. The first-order chi connectivity index (χ1) is 15.2. The Morgan fingerprint density at radius 2 is 2.03 bits per heavy atom. The number of alkyl halides is 3. The molecule has 0 unspecified atom stereocenters. The van der Waals surface area contributed by atoms with Crippen LogP contribution in [0.3, 0.4) is 0 Å². The zero-order valence-corrected chi connectivity index (χ0v) is 16.4. The van der Waals surface area contributed by atoms with Crippen molar-refractivity contribution >= 4 is 34.3 Å². The number of thiophene rings is 1. The smallest absolute Gasteiger partial charge is 0.319 e. The van der Waals surface area contributed by atoms with Gasteiger partial charge in [-0.2, -0.15) is 23.5 Å². The summed E-state index contributed by atoms with van der Waals surface area (Å²) in [5, 5.41) is 27.8. The van der Waals surface area contributed by atoms with E-state index in [-0.39, 0.29) is 34.0 Å². The number of aromatic nitrogens is 3. The number of fused-ring (bicyclic) bond motifs is 1. The summed E-state index contributed by atoms with van der Waals surface area (Å²) in [6.45, 7) is 0. The third-order valence-corrected chi connectivity index (χ3v) is 5.20. The molecule has 3 heterocycles. The highest BCUT2D eigenvalue weighted by atomic mass is 32.1. The Hall–Kier alpha value is -4.31. The zero-order valence-electron chi connectivity index (χ0n) is 15.6. The number of carbonyl (C=O) groups excluding carboxylic acids is 1. The molecule has 0 aliphatic heterocycles. The Morgan fingerprint density at radius 1 is 1.25 bits per heavy atom. The lowest BCUT2D eigenvalue weighted by Crippen LogP contribution is -2.16. The molecule has 1 N–H and O–H groups in total. The van der Waals surface area contributed by atoms with E-state index in [0.29, 0.717) is 9.39 Å². The monoisotopic (exact) mass is 458 g/mol. The third kappa shape index (κ3) is 3.86. The summed E-state index contributed by atoms with van der Waals surface area (Å²) in [6, 6.07) is 10.1. The summed E-state index contributed by atoms with van der Waals surface area (Å²) in [5.41, 5.74) is -2.21. The minimum Gasteiger partial charge on any atom is -0.319 e. The molecular formula is C19H9F3N6O3S. The van der Waals surface area contributed by atoms with E-state index < -0.39 is 22.7 Å². The summed E-state index contributed by atoms with van der Waals surface area (Å²) in [6.07, 6.45) is -4.76. The summed E-state index contributed by atoms with van der Waals surface area (Å²) < 4.78 is 41.4. The van der Waals surface area contributed by atoms with Crippen LogP contribution < -0.4 is 5.32 Å². The molecule has 0 aliphatic rings. The van der Waals surface area contributed by atoms with E-state index in [9.17, 15) is 33.3 Å². The van der Waals surface area contributed by atoms with Crippen LogP contribution in [0, 0.1) is 21.4 Å². The number of nitro benzene ring substituents is 1. The van der Waals surface area contributed by atoms with Crippen LogP contribution in [-0.4, -0.2) is 25.4 Å². The molecule has 160 valence electrons. The second-order valence-electron chi connectivity index (χ2n) is 6.35. The van der Waals surface area contributed by atoms with Gasteiger partial charge in [0.2, 0.25) is 0 Å². The van der Waals surface area contributed by atoms with Gasteiger partial charge in [-0.05, 0) is 23.6 Å². The molecule has 9 nitrogen and oxygen atoms in total. The minimum atomic E-state index is -4.76. The Bertz CT molecular complexity index is 1410. The molecule has 32 heavy (non-hydrogen) atoms. The highest BCUT2D eigenvalue weighted by Crippen LogP contribution is 2.33. The van der Waals surface area contributed by atoms with Crippen molar-refractivity contribution in [1.82, 2.24) is 14.6 Å². The maximum absolute atomic E-state index is 13.6. The molecular weight excluding hydrogens is 449 g/mol. The van der Waals surface area contributed by atoms with Crippen molar-refractivity contribution in [2.45, 2.75) is 6.18 Å². The molecule has 0 saturated heterocycles. The number of amides is 1. The van der Waals surface area contributed by atoms with E-state index >= 15 is 0 Å². The van der Waals surface area contributed by atoms with Gasteiger partial charge in [-0.25, -0.2) is 9.50 Å². The molecule has 1 aromatic carbocycles. The van der Waals surface area contributed by atoms with Gasteiger partial charge in [-0.15, -0.1) is 11.3 Å². The highest BCUT2D eigenvalue weighted by molar-refractivity contribution is 7.13. The van der Waals surface area contributed by atoms with Gasteiger partial charge in [0.05, 0.1) is 26.7 Å². The van der Waals surface area contributed by atoms with E-state index in [0.717, 1.165) is 30.3 Å². The van der Waals surface area contributed by atoms with Crippen LogP contribution in [0.15, 0.2) is 47.8 Å². The van der Waals surface area contributed by atoms with E-state index in [2.05, 4.69) is 15.4 Å². The van der Waals surface area contributed by atoms with Crippen molar-refractivity contribution in [2.24, 2.45) is 0 Å². The molecule has 4 rings (SSSR count). The number of nitrogens with zero attached hydrogens (tertiary/aromatic N) is 5. The average Bonchev–Trinajstić information content (AvgIpc) is 3.42. The quantitative estimate of drug-likeness (QED) is 0.354. The molecule has 0 fully saturated rings. The Morgan fingerprint density at radius 3 is 2.66 bits per heavy atom. The van der Waals surface area contributed by atoms with Crippen molar-refractivity contribution < 1.29 is 22.9 Å². The third-order valence-electron chi connectivity index (χ3n) is 4.31. The number of anilines is 1. The summed E-state index contributed by atoms with van der Waals surface area (Å²) >= 11 is 1.21. The van der Waals surface area contributed by atoms with Crippen molar-refractivity contribution in [3.8, 4) is 16.6 Å². The van der Waals surface area contributed by atoms with Gasteiger partial charge < -0.3 is 5.32 Å². The predicted molar refractivity (Wildman–Crippen MR) is 107 cm³/mol. The molecule has 0 bridgehead atoms. The molecule has 0 saturated carbocycles. The van der Waals surface area contributed by atoms with Crippen LogP contribution >= 0.6 is 11.3 Å². The number of benzene rings is 1. The topological polar surface area (TPSA) is 126 Å². The second-order valence-corrected chi connectivity index (χ2v) is 7.30. The largest absolute Gasteiger partial charge is 0.433 e. The van der Waals surface area contributed by atoms with Gasteiger partial charge in [-0.1, -0.05) is 6.07 Å². The lowest BCUT2D eigenvalue weighted by molar-refractivity contribution is -0.384. The number of hydrogen-bond donors (Lipinski definition) is 1. The average molecular weight is 458 g/mol. The van der Waals surface area contributed by atoms with Crippen molar-refractivity contribution in [3.05, 3.63) is 74.9 Å².